The second kappa shape index (κ2) is 9.91. The normalized spacial score (nSPS) is 15.4. The van der Waals surface area contributed by atoms with Crippen LogP contribution < -0.4 is 4.74 Å². The fourth-order valence-corrected chi connectivity index (χ4v) is 5.01. The second-order valence-electron chi connectivity index (χ2n) is 6.42. The van der Waals surface area contributed by atoms with E-state index < -0.39 is 0 Å². The van der Waals surface area contributed by atoms with Gasteiger partial charge < -0.3 is 4.74 Å². The number of carbonyl (C=O) groups is 2. The molecule has 0 radical (unpaired) electrons. The van der Waals surface area contributed by atoms with Crippen molar-refractivity contribution in [1.82, 2.24) is 4.90 Å². The summed E-state index contributed by atoms with van der Waals surface area (Å²) in [5.74, 6) is 0.0550. The van der Waals surface area contributed by atoms with Crippen LogP contribution in [0.3, 0.4) is 0 Å². The molecule has 2 amide bonds. The number of hydrogen-bond donors (Lipinski definition) is 0. The molecular weight excluding hydrogens is 525 g/mol. The molecule has 1 aliphatic heterocycles. The number of unbranched alkanes of at least 4 members (excludes halogenated alkanes) is 1. The van der Waals surface area contributed by atoms with Crippen LogP contribution in [0.1, 0.15) is 30.9 Å². The van der Waals surface area contributed by atoms with Gasteiger partial charge in [0, 0.05) is 6.54 Å². The molecule has 2 aromatic carbocycles. The van der Waals surface area contributed by atoms with Crippen LogP contribution in [0.2, 0.25) is 0 Å². The number of ether oxygens (including phenoxy) is 1. The van der Waals surface area contributed by atoms with Gasteiger partial charge in [0.25, 0.3) is 11.1 Å². The van der Waals surface area contributed by atoms with E-state index in [2.05, 4.69) is 31.9 Å². The molecule has 4 nitrogen and oxygen atoms in total. The van der Waals surface area contributed by atoms with Gasteiger partial charge in [0.2, 0.25) is 0 Å². The largest absolute Gasteiger partial charge is 0.487 e. The molecule has 3 rings (SSSR count). The quantitative estimate of drug-likeness (QED) is 0.362. The lowest BCUT2D eigenvalue weighted by Crippen LogP contribution is -2.29. The van der Waals surface area contributed by atoms with Crippen molar-refractivity contribution in [2.45, 2.75) is 26.4 Å². The van der Waals surface area contributed by atoms with Gasteiger partial charge in [-0.2, -0.15) is 0 Å². The van der Waals surface area contributed by atoms with Gasteiger partial charge in [-0.1, -0.05) is 25.5 Å². The zero-order valence-electron chi connectivity index (χ0n) is 15.6. The lowest BCUT2D eigenvalue weighted by Gasteiger charge is -2.12. The van der Waals surface area contributed by atoms with E-state index in [0.717, 1.165) is 35.7 Å². The lowest BCUT2D eigenvalue weighted by atomic mass is 10.2. The highest BCUT2D eigenvalue weighted by atomic mass is 79.9. The average molecular weight is 543 g/mol. The third-order valence-corrected chi connectivity index (χ3v) is 6.31. The Balaban J connectivity index is 1.75. The highest BCUT2D eigenvalue weighted by Gasteiger charge is 2.34. The Kier molecular flexibility index (Phi) is 7.54. The predicted octanol–water partition coefficient (Wildman–Crippen LogP) is 6.77. The van der Waals surface area contributed by atoms with E-state index in [0.29, 0.717) is 26.1 Å². The molecule has 0 atom stereocenters. The Morgan fingerprint density at radius 3 is 2.41 bits per heavy atom. The zero-order chi connectivity index (χ0) is 21.0. The van der Waals surface area contributed by atoms with Crippen LogP contribution in [0.5, 0.6) is 5.75 Å². The monoisotopic (exact) mass is 541 g/mol. The van der Waals surface area contributed by atoms with Crippen LogP contribution in [0.15, 0.2) is 50.2 Å². The summed E-state index contributed by atoms with van der Waals surface area (Å²) in [6, 6.07) is 9.76. The van der Waals surface area contributed by atoms with Gasteiger partial charge >= 0.3 is 0 Å². The van der Waals surface area contributed by atoms with Crippen molar-refractivity contribution in [2.75, 3.05) is 6.54 Å². The van der Waals surface area contributed by atoms with Crippen LogP contribution in [-0.2, 0) is 11.4 Å². The van der Waals surface area contributed by atoms with E-state index in [1.807, 2.05) is 19.1 Å². The van der Waals surface area contributed by atoms with Gasteiger partial charge in [0.05, 0.1) is 13.9 Å². The van der Waals surface area contributed by atoms with Gasteiger partial charge in [-0.25, -0.2) is 4.39 Å². The zero-order valence-corrected chi connectivity index (χ0v) is 19.6. The van der Waals surface area contributed by atoms with Crippen LogP contribution in [-0.4, -0.2) is 22.6 Å². The third kappa shape index (κ3) is 5.49. The van der Waals surface area contributed by atoms with Crippen LogP contribution in [0, 0.1) is 5.82 Å². The van der Waals surface area contributed by atoms with Gasteiger partial charge in [-0.3, -0.25) is 14.5 Å². The first-order valence-electron chi connectivity index (χ1n) is 9.00. The summed E-state index contributed by atoms with van der Waals surface area (Å²) in [7, 11) is 0. The smallest absolute Gasteiger partial charge is 0.293 e. The SMILES string of the molecule is CCCCN1C(=O)S/C(=C\c2cc(Br)c(OCc3ccc(F)cc3)c(Br)c2)C1=O. The third-order valence-electron chi connectivity index (χ3n) is 4.22. The number of imide groups is 1. The Bertz CT molecular complexity index is 940. The number of halogens is 3. The minimum atomic E-state index is -0.292. The lowest BCUT2D eigenvalue weighted by molar-refractivity contribution is -0.122. The van der Waals surface area contributed by atoms with Crippen molar-refractivity contribution in [3.63, 3.8) is 0 Å². The molecule has 0 saturated carbocycles. The van der Waals surface area contributed by atoms with Crippen LogP contribution in [0.25, 0.3) is 6.08 Å². The van der Waals surface area contributed by atoms with Crippen molar-refractivity contribution in [2.24, 2.45) is 0 Å². The Morgan fingerprint density at radius 2 is 1.79 bits per heavy atom. The van der Waals surface area contributed by atoms with E-state index in [1.54, 1.807) is 18.2 Å². The summed E-state index contributed by atoms with van der Waals surface area (Å²) < 4.78 is 20.3. The summed E-state index contributed by atoms with van der Waals surface area (Å²) >= 11 is 7.94. The molecule has 0 N–H and O–H groups in total. The molecule has 8 heteroatoms. The maximum absolute atomic E-state index is 13.0. The molecule has 0 aromatic heterocycles. The van der Waals surface area contributed by atoms with Gasteiger partial charge in [0.1, 0.15) is 18.2 Å². The molecule has 1 aliphatic rings. The Labute approximate surface area is 189 Å². The molecule has 1 fully saturated rings. The fraction of sp³-hybridized carbons (Fsp3) is 0.238. The van der Waals surface area contributed by atoms with Crippen molar-refractivity contribution in [1.29, 1.82) is 0 Å². The fourth-order valence-electron chi connectivity index (χ4n) is 2.70. The molecule has 0 aliphatic carbocycles. The van der Waals surface area contributed by atoms with E-state index in [9.17, 15) is 14.0 Å². The maximum atomic E-state index is 13.0. The molecular formula is C21H18Br2FNO3S. The number of hydrogen-bond acceptors (Lipinski definition) is 4. The summed E-state index contributed by atoms with van der Waals surface area (Å²) in [4.78, 5) is 26.3. The van der Waals surface area contributed by atoms with Crippen LogP contribution in [0.4, 0.5) is 9.18 Å². The van der Waals surface area contributed by atoms with Crippen molar-refractivity contribution in [3.8, 4) is 5.75 Å². The topological polar surface area (TPSA) is 46.6 Å². The number of benzene rings is 2. The Hall–Kier alpha value is -1.64. The standard InChI is InChI=1S/C21H18Br2FNO3S/c1-2-3-8-25-20(26)18(29-21(25)27)11-14-9-16(22)19(17(23)10-14)28-12-13-4-6-15(24)7-5-13/h4-7,9-11H,2-3,8,12H2,1H3/b18-11-. The number of carbonyl (C=O) groups excluding carboxylic acids is 2. The molecule has 2 aromatic rings. The minimum Gasteiger partial charge on any atom is -0.487 e. The number of amides is 2. The summed E-state index contributed by atoms with van der Waals surface area (Å²) in [6.07, 6.45) is 3.42. The summed E-state index contributed by atoms with van der Waals surface area (Å²) in [5.41, 5.74) is 1.61. The van der Waals surface area contributed by atoms with Gasteiger partial charge in [-0.15, -0.1) is 0 Å². The molecule has 1 heterocycles. The van der Waals surface area contributed by atoms with E-state index in [-0.39, 0.29) is 23.6 Å². The molecule has 152 valence electrons. The first-order chi connectivity index (χ1) is 13.9. The highest BCUT2D eigenvalue weighted by Crippen LogP contribution is 2.38. The minimum absolute atomic E-state index is 0.230. The Morgan fingerprint density at radius 1 is 1.14 bits per heavy atom. The molecule has 0 bridgehead atoms. The average Bonchev–Trinajstić information content (AvgIpc) is 2.94. The van der Waals surface area contributed by atoms with Gasteiger partial charge in [-0.05, 0) is 91.5 Å². The number of rotatable bonds is 7. The molecule has 0 unspecified atom stereocenters. The second-order valence-corrected chi connectivity index (χ2v) is 9.12. The van der Waals surface area contributed by atoms with Crippen LogP contribution >= 0.6 is 43.6 Å². The number of thioether (sulfide) groups is 1. The highest BCUT2D eigenvalue weighted by molar-refractivity contribution is 9.11. The van der Waals surface area contributed by atoms with E-state index in [4.69, 9.17) is 4.74 Å². The molecule has 29 heavy (non-hydrogen) atoms. The van der Waals surface area contributed by atoms with Crippen molar-refractivity contribution >= 4 is 60.8 Å². The summed E-state index contributed by atoms with van der Waals surface area (Å²) in [6.45, 7) is 2.75. The predicted molar refractivity (Wildman–Crippen MR) is 120 cm³/mol. The number of nitrogens with zero attached hydrogens (tertiary/aromatic N) is 1. The van der Waals surface area contributed by atoms with Crippen molar-refractivity contribution < 1.29 is 18.7 Å². The molecule has 0 spiro atoms. The van der Waals surface area contributed by atoms with E-state index in [1.165, 1.54) is 17.0 Å². The van der Waals surface area contributed by atoms with E-state index >= 15 is 0 Å². The first-order valence-corrected chi connectivity index (χ1v) is 11.4. The maximum Gasteiger partial charge on any atom is 0.293 e. The van der Waals surface area contributed by atoms with Crippen molar-refractivity contribution in [3.05, 3.63) is 67.2 Å². The molecule has 1 saturated heterocycles. The first kappa shape index (κ1) is 22.1. The van der Waals surface area contributed by atoms with Gasteiger partial charge in [0.15, 0.2) is 0 Å². The summed E-state index contributed by atoms with van der Waals surface area (Å²) in [5, 5.41) is -0.230.